The molecule has 2 rings (SSSR count). The first-order chi connectivity index (χ1) is 10.7. The van der Waals surface area contributed by atoms with Gasteiger partial charge in [-0.1, -0.05) is 0 Å². The Morgan fingerprint density at radius 2 is 1.91 bits per heavy atom. The minimum Gasteiger partial charge on any atom is -0.442 e. The van der Waals surface area contributed by atoms with Crippen LogP contribution in [0.1, 0.15) is 12.8 Å². The van der Waals surface area contributed by atoms with Crippen LogP contribution in [0, 0.1) is 5.92 Å². The number of ether oxygens (including phenoxy) is 1. The van der Waals surface area contributed by atoms with Gasteiger partial charge in [0.15, 0.2) is 0 Å². The predicted octanol–water partition coefficient (Wildman–Crippen LogP) is 0.354. The average Bonchev–Trinajstić information content (AvgIpc) is 2.82. The van der Waals surface area contributed by atoms with E-state index in [0.29, 0.717) is 6.54 Å². The van der Waals surface area contributed by atoms with Gasteiger partial charge in [-0.15, -0.1) is 0 Å². The van der Waals surface area contributed by atoms with Gasteiger partial charge in [-0.3, -0.25) is 9.59 Å². The van der Waals surface area contributed by atoms with Gasteiger partial charge in [0, 0.05) is 26.1 Å². The number of likely N-dealkylation sites (N-methyl/N-ethyl adjacent to an activating group) is 1. The van der Waals surface area contributed by atoms with Crippen molar-refractivity contribution >= 4 is 17.9 Å². The average molecular weight is 337 g/mol. The number of hydrogen-bond donors (Lipinski definition) is 1. The van der Waals surface area contributed by atoms with Crippen molar-refractivity contribution in [1.29, 1.82) is 0 Å². The maximum absolute atomic E-state index is 12.3. The van der Waals surface area contributed by atoms with Crippen LogP contribution in [-0.2, 0) is 14.3 Å². The molecule has 0 aromatic rings. The monoisotopic (exact) mass is 337 g/mol. The van der Waals surface area contributed by atoms with Crippen LogP contribution in [0.25, 0.3) is 0 Å². The second-order valence-electron chi connectivity index (χ2n) is 5.70. The van der Waals surface area contributed by atoms with E-state index in [1.807, 2.05) is 0 Å². The number of likely N-dealkylation sites (tertiary alicyclic amines) is 1. The summed E-state index contributed by atoms with van der Waals surface area (Å²) in [6.45, 7) is 0.337. The van der Waals surface area contributed by atoms with Crippen molar-refractivity contribution < 1.29 is 32.3 Å². The molecule has 7 nitrogen and oxygen atoms in total. The quantitative estimate of drug-likeness (QED) is 0.806. The number of piperidine rings is 1. The molecule has 0 saturated carbocycles. The molecule has 0 bridgehead atoms. The zero-order valence-corrected chi connectivity index (χ0v) is 12.6. The highest BCUT2D eigenvalue weighted by atomic mass is 19.4. The van der Waals surface area contributed by atoms with E-state index in [9.17, 15) is 27.6 Å². The molecule has 0 spiro atoms. The number of carbonyl (C=O) groups is 3. The second kappa shape index (κ2) is 6.63. The molecule has 2 fully saturated rings. The van der Waals surface area contributed by atoms with E-state index in [1.165, 1.54) is 4.90 Å². The Balaban J connectivity index is 1.74. The number of alkyl halides is 3. The predicted molar refractivity (Wildman–Crippen MR) is 71.3 cm³/mol. The smallest absolute Gasteiger partial charge is 0.442 e. The topological polar surface area (TPSA) is 79.0 Å². The summed E-state index contributed by atoms with van der Waals surface area (Å²) in [5, 5.41) is 2.64. The number of nitrogens with zero attached hydrogens (tertiary/aromatic N) is 2. The largest absolute Gasteiger partial charge is 0.471 e. The highest BCUT2D eigenvalue weighted by molar-refractivity contribution is 5.83. The van der Waals surface area contributed by atoms with Crippen LogP contribution >= 0.6 is 0 Å². The maximum atomic E-state index is 12.3. The van der Waals surface area contributed by atoms with Gasteiger partial charge in [0.05, 0.1) is 13.1 Å². The standard InChI is InChI=1S/C13H18F3N3O4/c1-18-7-9(23-12(18)22)6-17-10(20)8-2-4-19(5-3-8)11(21)13(14,15)16/h8-9H,2-7H2,1H3,(H,17,20). The molecule has 0 radical (unpaired) electrons. The van der Waals surface area contributed by atoms with Crippen LogP contribution in [-0.4, -0.2) is 73.2 Å². The van der Waals surface area contributed by atoms with E-state index in [4.69, 9.17) is 4.74 Å². The summed E-state index contributed by atoms with van der Waals surface area (Å²) < 4.78 is 42.0. The maximum Gasteiger partial charge on any atom is 0.471 e. The van der Waals surface area contributed by atoms with Crippen LogP contribution in [0.15, 0.2) is 0 Å². The molecule has 3 amide bonds. The molecule has 1 unspecified atom stereocenters. The van der Waals surface area contributed by atoms with Crippen LogP contribution in [0.3, 0.4) is 0 Å². The highest BCUT2D eigenvalue weighted by Crippen LogP contribution is 2.24. The van der Waals surface area contributed by atoms with Crippen molar-refractivity contribution in [2.45, 2.75) is 25.1 Å². The Kier molecular flexibility index (Phi) is 5.00. The van der Waals surface area contributed by atoms with Crippen molar-refractivity contribution in [1.82, 2.24) is 15.1 Å². The molecule has 130 valence electrons. The van der Waals surface area contributed by atoms with Gasteiger partial charge in [-0.2, -0.15) is 13.2 Å². The third-order valence-corrected chi connectivity index (χ3v) is 3.96. The molecule has 10 heteroatoms. The van der Waals surface area contributed by atoms with E-state index >= 15 is 0 Å². The summed E-state index contributed by atoms with van der Waals surface area (Å²) in [5.74, 6) is -2.60. The van der Waals surface area contributed by atoms with E-state index < -0.39 is 30.2 Å². The first-order valence-corrected chi connectivity index (χ1v) is 7.24. The third kappa shape index (κ3) is 4.26. The van der Waals surface area contributed by atoms with E-state index in [0.717, 1.165) is 4.90 Å². The molecule has 2 aliphatic rings. The fourth-order valence-corrected chi connectivity index (χ4v) is 2.64. The molecule has 0 aliphatic carbocycles. The Morgan fingerprint density at radius 3 is 2.39 bits per heavy atom. The Bertz CT molecular complexity index is 489. The van der Waals surface area contributed by atoms with Crippen molar-refractivity contribution in [3.63, 3.8) is 0 Å². The number of cyclic esters (lactones) is 1. The lowest BCUT2D eigenvalue weighted by atomic mass is 9.95. The zero-order chi connectivity index (χ0) is 17.2. The first-order valence-electron chi connectivity index (χ1n) is 7.24. The molecule has 0 aromatic heterocycles. The normalized spacial score (nSPS) is 23.0. The second-order valence-corrected chi connectivity index (χ2v) is 5.70. The van der Waals surface area contributed by atoms with Crippen LogP contribution < -0.4 is 5.32 Å². The van der Waals surface area contributed by atoms with Gasteiger partial charge in [-0.25, -0.2) is 4.79 Å². The number of hydrogen-bond acceptors (Lipinski definition) is 4. The van der Waals surface area contributed by atoms with Gasteiger partial charge < -0.3 is 19.9 Å². The van der Waals surface area contributed by atoms with E-state index in [2.05, 4.69) is 5.32 Å². The number of rotatable bonds is 3. The van der Waals surface area contributed by atoms with Crippen molar-refractivity contribution in [2.24, 2.45) is 5.92 Å². The molecule has 2 heterocycles. The number of nitrogens with one attached hydrogen (secondary N) is 1. The summed E-state index contributed by atoms with van der Waals surface area (Å²) in [7, 11) is 1.58. The summed E-state index contributed by atoms with van der Waals surface area (Å²) in [6.07, 6.45) is -5.41. The SMILES string of the molecule is CN1CC(CNC(=O)C2CCN(C(=O)C(F)(F)F)CC2)OC1=O. The van der Waals surface area contributed by atoms with Gasteiger partial charge in [-0.05, 0) is 12.8 Å². The van der Waals surface area contributed by atoms with Crippen LogP contribution in [0.2, 0.25) is 0 Å². The fourth-order valence-electron chi connectivity index (χ4n) is 2.64. The molecular formula is C13H18F3N3O4. The van der Waals surface area contributed by atoms with Gasteiger partial charge in [0.2, 0.25) is 5.91 Å². The molecule has 2 saturated heterocycles. The fraction of sp³-hybridized carbons (Fsp3) is 0.769. The highest BCUT2D eigenvalue weighted by Gasteiger charge is 2.43. The number of amides is 3. The molecule has 1 atom stereocenters. The molecule has 0 aromatic carbocycles. The van der Waals surface area contributed by atoms with E-state index in [-0.39, 0.29) is 38.4 Å². The lowest BCUT2D eigenvalue weighted by Gasteiger charge is -2.31. The third-order valence-electron chi connectivity index (χ3n) is 3.96. The Labute approximate surface area is 130 Å². The lowest BCUT2D eigenvalue weighted by Crippen LogP contribution is -2.48. The summed E-state index contributed by atoms with van der Waals surface area (Å²) in [4.78, 5) is 36.4. The number of carbonyl (C=O) groups excluding carboxylic acids is 3. The molecule has 1 N–H and O–H groups in total. The molecular weight excluding hydrogens is 319 g/mol. The van der Waals surface area contributed by atoms with Crippen molar-refractivity contribution in [3.05, 3.63) is 0 Å². The van der Waals surface area contributed by atoms with Crippen molar-refractivity contribution in [2.75, 3.05) is 33.2 Å². The number of halogens is 3. The minimum atomic E-state index is -4.88. The van der Waals surface area contributed by atoms with E-state index in [1.54, 1.807) is 7.05 Å². The molecule has 2 aliphatic heterocycles. The Morgan fingerprint density at radius 1 is 1.30 bits per heavy atom. The van der Waals surface area contributed by atoms with Crippen LogP contribution in [0.5, 0.6) is 0 Å². The van der Waals surface area contributed by atoms with Gasteiger partial charge >= 0.3 is 18.2 Å². The van der Waals surface area contributed by atoms with Crippen molar-refractivity contribution in [3.8, 4) is 0 Å². The van der Waals surface area contributed by atoms with Gasteiger partial charge in [0.1, 0.15) is 6.10 Å². The first kappa shape index (κ1) is 17.4. The van der Waals surface area contributed by atoms with Gasteiger partial charge in [0.25, 0.3) is 0 Å². The molecule has 23 heavy (non-hydrogen) atoms. The lowest BCUT2D eigenvalue weighted by molar-refractivity contribution is -0.186. The van der Waals surface area contributed by atoms with Crippen LogP contribution in [0.4, 0.5) is 18.0 Å². The summed E-state index contributed by atoms with van der Waals surface area (Å²) >= 11 is 0. The summed E-state index contributed by atoms with van der Waals surface area (Å²) in [6, 6.07) is 0. The minimum absolute atomic E-state index is 0.0996. The zero-order valence-electron chi connectivity index (χ0n) is 12.6. The summed E-state index contributed by atoms with van der Waals surface area (Å²) in [5.41, 5.74) is 0. The Hall–Kier alpha value is -2.00.